The number of likely N-dealkylation sites (N-methyl/N-ethyl adjacent to an activating group) is 2. The third-order valence-electron chi connectivity index (χ3n) is 18.9. The second-order valence-corrected chi connectivity index (χ2v) is 27.3. The number of ketones is 3. The summed E-state index contributed by atoms with van der Waals surface area (Å²) in [6, 6.07) is 13.0. The number of amides is 7. The summed E-state index contributed by atoms with van der Waals surface area (Å²) in [6.45, 7) is 20.2. The average Bonchev–Trinajstić information content (AvgIpc) is 1.40. The SMILES string of the molecule is CC[C@H](C)[C@@H]([C@@H](CC(=O)N1CCC[C@H]1C(OC)[C@@H](C)C(=O)C[C@@H](Cc1ccccc1)c1ncc[nH]1)OC)N(C)C(=O)[C@@H](CC(=O)[C@H](C(C)C)N(C)C(=O)OCc1ccc(NC(=O)[C@H](CCCNC(N)=O)CC(=O)[C@@H](NC(=O)CCOCCOCCOCCOCCON)C(C)C)cc1)C(C)C. The van der Waals surface area contributed by atoms with Gasteiger partial charge in [-0.1, -0.05) is 111 Å². The largest absolute Gasteiger partial charge is 0.445 e. The molecule has 4 rings (SSSR count). The smallest absolute Gasteiger partial charge is 0.410 e. The van der Waals surface area contributed by atoms with Crippen molar-refractivity contribution in [1.29, 1.82) is 0 Å². The van der Waals surface area contributed by atoms with Gasteiger partial charge in [-0.25, -0.2) is 20.5 Å². The fraction of sp³-hybridized carbons (Fsp3) is 0.676. The van der Waals surface area contributed by atoms with E-state index in [9.17, 15) is 43.2 Å². The van der Waals surface area contributed by atoms with Crippen LogP contribution in [-0.2, 0) is 84.6 Å². The highest BCUT2D eigenvalue weighted by atomic mass is 16.6. The highest BCUT2D eigenvalue weighted by Crippen LogP contribution is 2.33. The fourth-order valence-electron chi connectivity index (χ4n) is 13.1. The minimum absolute atomic E-state index is 0.00879. The lowest BCUT2D eigenvalue weighted by Gasteiger charge is -2.41. The van der Waals surface area contributed by atoms with E-state index in [0.29, 0.717) is 89.7 Å². The number of Topliss-reactive ketones (excluding diaryl/α,β-unsaturated/α-hetero) is 3. The van der Waals surface area contributed by atoms with Crippen molar-refractivity contribution in [3.05, 3.63) is 83.9 Å². The molecule has 11 atom stereocenters. The Labute approximate surface area is 597 Å². The van der Waals surface area contributed by atoms with E-state index in [1.165, 1.54) is 19.1 Å². The second-order valence-electron chi connectivity index (χ2n) is 27.3. The van der Waals surface area contributed by atoms with Crippen molar-refractivity contribution >= 4 is 58.8 Å². The molecule has 0 spiro atoms. The molecule has 1 aliphatic rings. The van der Waals surface area contributed by atoms with Gasteiger partial charge in [0.15, 0.2) is 11.6 Å². The van der Waals surface area contributed by atoms with E-state index in [1.807, 2.05) is 83.7 Å². The number of ether oxygens (including phenoxy) is 7. The average molecular weight is 1420 g/mol. The Bertz CT molecular complexity index is 2960. The van der Waals surface area contributed by atoms with Gasteiger partial charge < -0.3 is 79.4 Å². The summed E-state index contributed by atoms with van der Waals surface area (Å²) in [5.41, 5.74) is 7.33. The van der Waals surface area contributed by atoms with Crippen molar-refractivity contribution in [2.45, 2.75) is 182 Å². The molecule has 1 aromatic heterocycles. The molecule has 27 heteroatoms. The lowest BCUT2D eigenvalue weighted by molar-refractivity contribution is -0.149. The summed E-state index contributed by atoms with van der Waals surface area (Å²) < 4.78 is 39.8. The zero-order valence-electron chi connectivity index (χ0n) is 62.1. The number of nitrogens with zero attached hydrogens (tertiary/aromatic N) is 4. The maximum atomic E-state index is 15.0. The molecule has 101 heavy (non-hydrogen) atoms. The summed E-state index contributed by atoms with van der Waals surface area (Å²) >= 11 is 0. The van der Waals surface area contributed by atoms with E-state index in [1.54, 1.807) is 69.6 Å². The molecule has 0 aliphatic carbocycles. The van der Waals surface area contributed by atoms with Crippen molar-refractivity contribution in [3.63, 3.8) is 0 Å². The normalized spacial score (nSPS) is 16.1. The molecule has 27 nitrogen and oxygen atoms in total. The number of aromatic amines is 1. The Morgan fingerprint density at radius 1 is 0.713 bits per heavy atom. The monoisotopic (exact) mass is 1420 g/mol. The van der Waals surface area contributed by atoms with Crippen LogP contribution in [0.2, 0.25) is 0 Å². The molecular weight excluding hydrogens is 1300 g/mol. The third kappa shape index (κ3) is 29.2. The number of primary amides is 1. The predicted octanol–water partition coefficient (Wildman–Crippen LogP) is 7.59. The Kier molecular flexibility index (Phi) is 39.6. The van der Waals surface area contributed by atoms with Gasteiger partial charge in [0.25, 0.3) is 0 Å². The molecule has 2 heterocycles. The Balaban J connectivity index is 1.35. The van der Waals surface area contributed by atoms with Crippen molar-refractivity contribution in [2.24, 2.45) is 53.1 Å². The van der Waals surface area contributed by atoms with Gasteiger partial charge in [-0.05, 0) is 79.0 Å². The highest BCUT2D eigenvalue weighted by Gasteiger charge is 2.44. The first-order valence-corrected chi connectivity index (χ1v) is 35.8. The van der Waals surface area contributed by atoms with Crippen LogP contribution < -0.4 is 27.6 Å². The fourth-order valence-corrected chi connectivity index (χ4v) is 13.1. The number of carbonyl (C=O) groups excluding carboxylic acids is 9. The molecule has 1 saturated heterocycles. The van der Waals surface area contributed by atoms with Crippen LogP contribution in [0.25, 0.3) is 0 Å². The molecule has 3 aromatic rings. The number of carbonyl (C=O) groups is 9. The first-order chi connectivity index (χ1) is 48.3. The highest BCUT2D eigenvalue weighted by molar-refractivity contribution is 5.97. The number of H-pyrrole nitrogens is 1. The molecule has 566 valence electrons. The van der Waals surface area contributed by atoms with Gasteiger partial charge in [0.05, 0.1) is 102 Å². The first kappa shape index (κ1) is 86.2. The van der Waals surface area contributed by atoms with Crippen LogP contribution in [0.1, 0.15) is 149 Å². The number of hydrogen-bond donors (Lipinski definition) is 6. The van der Waals surface area contributed by atoms with Gasteiger partial charge in [-0.15, -0.1) is 0 Å². The number of aromatic nitrogens is 2. The Morgan fingerprint density at radius 3 is 1.90 bits per heavy atom. The van der Waals surface area contributed by atoms with Gasteiger partial charge in [0, 0.05) is 109 Å². The van der Waals surface area contributed by atoms with Crippen LogP contribution in [0.3, 0.4) is 0 Å². The number of imidazole rings is 1. The van der Waals surface area contributed by atoms with Crippen LogP contribution >= 0.6 is 0 Å². The molecular formula is C74H118N10O17. The number of nitrogens with two attached hydrogens (primary N) is 2. The molecule has 8 N–H and O–H groups in total. The molecule has 1 aliphatic heterocycles. The summed E-state index contributed by atoms with van der Waals surface area (Å²) in [5.74, 6) is 0.203. The standard InChI is InChI=1S/C74H118N10O17/c1-14-51(8)68(63(94-12)46-65(89)84-32-19-23-59(84)69(95-13)52(9)60(85)44-56(70-77-30-31-78-70)42-53-20-16-15-17-21-53)82(10)72(91)58(48(2)3)45-62(87)67(50(6)7)83(11)74(93)100-47-54-24-26-57(27-25-54)80-71(90)55(22-18-29-79-73(75)92)43-61(86)66(49(4)5)81-64(88)28-33-96-34-35-97-36-37-98-38-39-99-40-41-101-76/h15-17,20-21,24-27,30-31,48-52,55-56,58-59,63,66-69H,14,18-19,22-23,28-29,32-47,76H2,1-13H3,(H,77,78)(H,80,90)(H,81,88)(H3,75,79,92)/t51-,52-,55+,56+,58-,59-,63+,66-,67-,68-,69?/m0/s1. The Hall–Kier alpha value is -7.24. The number of urea groups is 1. The zero-order chi connectivity index (χ0) is 74.6. The van der Waals surface area contributed by atoms with Crippen LogP contribution in [0, 0.1) is 41.4 Å². The maximum absolute atomic E-state index is 15.0. The van der Waals surface area contributed by atoms with Gasteiger partial charge in [-0.2, -0.15) is 0 Å². The summed E-state index contributed by atoms with van der Waals surface area (Å²) in [7, 11) is 6.31. The summed E-state index contributed by atoms with van der Waals surface area (Å²) in [4.78, 5) is 141. The number of rotatable bonds is 51. The molecule has 2 aromatic carbocycles. The molecule has 1 fully saturated rings. The number of likely N-dealkylation sites (tertiary alicyclic amines) is 1. The molecule has 0 saturated carbocycles. The first-order valence-electron chi connectivity index (χ1n) is 35.8. The van der Waals surface area contributed by atoms with Crippen molar-refractivity contribution < 1.29 is 81.1 Å². The predicted molar refractivity (Wildman–Crippen MR) is 382 cm³/mol. The van der Waals surface area contributed by atoms with Crippen LogP contribution in [-0.4, -0.2) is 215 Å². The molecule has 0 radical (unpaired) electrons. The minimum Gasteiger partial charge on any atom is -0.445 e. The van der Waals surface area contributed by atoms with E-state index in [0.717, 1.165) is 17.8 Å². The van der Waals surface area contributed by atoms with E-state index in [2.05, 4.69) is 30.8 Å². The van der Waals surface area contributed by atoms with Gasteiger partial charge in [0.1, 0.15) is 18.2 Å². The van der Waals surface area contributed by atoms with E-state index in [-0.39, 0.29) is 130 Å². The van der Waals surface area contributed by atoms with Crippen molar-refractivity contribution in [2.75, 3.05) is 106 Å². The number of anilines is 1. The number of benzene rings is 2. The summed E-state index contributed by atoms with van der Waals surface area (Å²) in [5, 5.41) is 8.19. The van der Waals surface area contributed by atoms with Gasteiger partial charge >= 0.3 is 12.1 Å². The van der Waals surface area contributed by atoms with E-state index in [4.69, 9.17) is 44.8 Å². The number of hydrogen-bond acceptors (Lipinski definition) is 19. The van der Waals surface area contributed by atoms with Crippen LogP contribution in [0.4, 0.5) is 15.3 Å². The van der Waals surface area contributed by atoms with Crippen molar-refractivity contribution in [3.8, 4) is 0 Å². The topological polar surface area (TPSA) is 354 Å². The molecule has 1 unspecified atom stereocenters. The number of methoxy groups -OCH3 is 2. The van der Waals surface area contributed by atoms with Crippen molar-refractivity contribution in [1.82, 2.24) is 35.3 Å². The lowest BCUT2D eigenvalue weighted by atomic mass is 9.83. The molecule has 7 amide bonds. The van der Waals surface area contributed by atoms with E-state index >= 15 is 0 Å². The van der Waals surface area contributed by atoms with Gasteiger partial charge in [0.2, 0.25) is 23.6 Å². The van der Waals surface area contributed by atoms with Crippen LogP contribution in [0.5, 0.6) is 0 Å². The number of nitrogens with one attached hydrogen (secondary N) is 4. The quantitative estimate of drug-likeness (QED) is 0.0234. The lowest BCUT2D eigenvalue weighted by Crippen LogP contribution is -2.54. The Morgan fingerprint density at radius 2 is 1.35 bits per heavy atom. The van der Waals surface area contributed by atoms with Gasteiger partial charge in [-0.3, -0.25) is 33.6 Å². The summed E-state index contributed by atoms with van der Waals surface area (Å²) in [6.07, 6.45) is 4.35. The third-order valence-corrected chi connectivity index (χ3v) is 18.9. The van der Waals surface area contributed by atoms with E-state index < -0.39 is 72.0 Å². The minimum atomic E-state index is -0.962. The zero-order valence-corrected chi connectivity index (χ0v) is 62.1. The second kappa shape index (κ2) is 46.4. The van der Waals surface area contributed by atoms with Crippen LogP contribution in [0.15, 0.2) is 67.0 Å². The molecule has 0 bridgehead atoms. The maximum Gasteiger partial charge on any atom is 0.410 e.